The van der Waals surface area contributed by atoms with Crippen LogP contribution in [0.5, 0.6) is 11.5 Å². The summed E-state index contributed by atoms with van der Waals surface area (Å²) in [4.78, 5) is 30.9. The zero-order chi connectivity index (χ0) is 38.1. The number of carbonyl (C=O) groups is 2. The van der Waals surface area contributed by atoms with Crippen molar-refractivity contribution >= 4 is 102 Å². The lowest BCUT2D eigenvalue weighted by molar-refractivity contribution is 0.101. The molecular formula is C41H25Cl2N7O5. The zero-order valence-electron chi connectivity index (χ0n) is 28.2. The summed E-state index contributed by atoms with van der Waals surface area (Å²) in [6.45, 7) is 0. The van der Waals surface area contributed by atoms with Gasteiger partial charge in [-0.25, -0.2) is 0 Å². The molecule has 0 atom stereocenters. The lowest BCUT2D eigenvalue weighted by atomic mass is 10.0. The lowest BCUT2D eigenvalue weighted by Gasteiger charge is -2.11. The normalized spacial score (nSPS) is 11.6. The van der Waals surface area contributed by atoms with E-state index in [1.54, 1.807) is 121 Å². The molecule has 268 valence electrons. The summed E-state index contributed by atoms with van der Waals surface area (Å²) in [5.74, 6) is -1.87. The summed E-state index contributed by atoms with van der Waals surface area (Å²) < 4.78 is 5.85. The molecule has 0 saturated carbocycles. The monoisotopic (exact) mass is 765 g/mol. The molecule has 2 amide bonds. The number of phenolic OH excluding ortho intramolecular Hbond substituents is 2. The molecule has 0 fully saturated rings. The van der Waals surface area contributed by atoms with Crippen LogP contribution < -0.4 is 10.6 Å². The number of halogens is 2. The first-order valence-corrected chi connectivity index (χ1v) is 17.3. The number of hydrogen-bond donors (Lipinski definition) is 4. The Morgan fingerprint density at radius 3 is 1.65 bits per heavy atom. The molecule has 8 aromatic rings. The topological polar surface area (TPSA) is 174 Å². The Morgan fingerprint density at radius 1 is 0.582 bits per heavy atom. The number of phenols is 2. The van der Waals surface area contributed by atoms with Gasteiger partial charge in [0.1, 0.15) is 16.9 Å². The third kappa shape index (κ3) is 7.27. The molecule has 0 spiro atoms. The van der Waals surface area contributed by atoms with Crippen LogP contribution in [-0.2, 0) is 0 Å². The number of oxazole rings is 1. The maximum absolute atomic E-state index is 13.3. The van der Waals surface area contributed by atoms with Crippen LogP contribution in [0.4, 0.5) is 34.5 Å². The highest BCUT2D eigenvalue weighted by Gasteiger charge is 2.21. The maximum atomic E-state index is 13.3. The number of rotatable bonds is 8. The first-order valence-electron chi connectivity index (χ1n) is 16.6. The molecular weight excluding hydrogens is 741 g/mol. The van der Waals surface area contributed by atoms with Crippen LogP contribution >= 0.6 is 23.2 Å². The molecule has 14 heteroatoms. The van der Waals surface area contributed by atoms with Crippen molar-refractivity contribution in [3.63, 3.8) is 0 Å². The third-order valence-corrected chi connectivity index (χ3v) is 8.98. The number of aromatic nitrogens is 1. The van der Waals surface area contributed by atoms with Crippen molar-refractivity contribution in [2.45, 2.75) is 0 Å². The second-order valence-electron chi connectivity index (χ2n) is 12.2. The van der Waals surface area contributed by atoms with Gasteiger partial charge in [0, 0.05) is 38.3 Å². The molecule has 4 N–H and O–H groups in total. The van der Waals surface area contributed by atoms with Crippen molar-refractivity contribution in [1.82, 2.24) is 4.98 Å². The fraction of sp³-hybridized carbons (Fsp3) is 0. The molecule has 7 aromatic carbocycles. The summed E-state index contributed by atoms with van der Waals surface area (Å²) in [5, 5.41) is 48.4. The van der Waals surface area contributed by atoms with E-state index < -0.39 is 11.8 Å². The lowest BCUT2D eigenvalue weighted by Crippen LogP contribution is -2.12. The van der Waals surface area contributed by atoms with Crippen LogP contribution in [0.1, 0.15) is 20.7 Å². The molecule has 12 nitrogen and oxygen atoms in total. The van der Waals surface area contributed by atoms with Crippen molar-refractivity contribution in [2.75, 3.05) is 10.6 Å². The summed E-state index contributed by atoms with van der Waals surface area (Å²) in [5.41, 5.74) is 2.12. The molecule has 55 heavy (non-hydrogen) atoms. The van der Waals surface area contributed by atoms with Crippen molar-refractivity contribution in [2.24, 2.45) is 20.5 Å². The van der Waals surface area contributed by atoms with E-state index >= 15 is 0 Å². The average molecular weight is 767 g/mol. The molecule has 0 bridgehead atoms. The van der Waals surface area contributed by atoms with Gasteiger partial charge in [-0.3, -0.25) is 9.59 Å². The highest BCUT2D eigenvalue weighted by Crippen LogP contribution is 2.42. The molecule has 8 rings (SSSR count). The van der Waals surface area contributed by atoms with Gasteiger partial charge in [-0.05, 0) is 71.4 Å². The van der Waals surface area contributed by atoms with Crippen LogP contribution in [0, 0.1) is 0 Å². The fourth-order valence-electron chi connectivity index (χ4n) is 5.92. The number of amides is 2. The van der Waals surface area contributed by atoms with Crippen molar-refractivity contribution < 1.29 is 24.2 Å². The van der Waals surface area contributed by atoms with Gasteiger partial charge >= 0.3 is 6.01 Å². The largest absolute Gasteiger partial charge is 0.505 e. The quantitative estimate of drug-likeness (QED) is 0.112. The van der Waals surface area contributed by atoms with Crippen LogP contribution in [0.3, 0.4) is 0 Å². The molecule has 0 aliphatic heterocycles. The van der Waals surface area contributed by atoms with Gasteiger partial charge in [-0.15, -0.1) is 10.2 Å². The van der Waals surface area contributed by atoms with Gasteiger partial charge in [0.25, 0.3) is 11.8 Å². The predicted octanol–water partition coefficient (Wildman–Crippen LogP) is 12.2. The Labute approximate surface area is 321 Å². The predicted molar refractivity (Wildman–Crippen MR) is 212 cm³/mol. The summed E-state index contributed by atoms with van der Waals surface area (Å²) >= 11 is 12.2. The Bertz CT molecular complexity index is 2740. The zero-order valence-corrected chi connectivity index (χ0v) is 29.7. The fourth-order valence-corrected chi connectivity index (χ4v) is 6.30. The van der Waals surface area contributed by atoms with E-state index in [4.69, 9.17) is 27.6 Å². The summed E-state index contributed by atoms with van der Waals surface area (Å²) in [6, 6.07) is 35.5. The molecule has 1 aromatic heterocycles. The highest BCUT2D eigenvalue weighted by molar-refractivity contribution is 6.31. The minimum Gasteiger partial charge on any atom is -0.505 e. The molecule has 0 saturated heterocycles. The van der Waals surface area contributed by atoms with Crippen molar-refractivity contribution in [1.29, 1.82) is 0 Å². The van der Waals surface area contributed by atoms with Crippen molar-refractivity contribution in [3.8, 4) is 11.5 Å². The first kappa shape index (κ1) is 34.9. The number of benzene rings is 7. The number of nitrogens with one attached hydrogen (secondary N) is 2. The van der Waals surface area contributed by atoms with Crippen LogP contribution in [0.25, 0.3) is 32.6 Å². The molecule has 0 aliphatic rings. The van der Waals surface area contributed by atoms with Crippen LogP contribution in [0.2, 0.25) is 10.0 Å². The number of hydrogen-bond acceptors (Lipinski definition) is 10. The minimum atomic E-state index is -0.570. The summed E-state index contributed by atoms with van der Waals surface area (Å²) in [6.07, 6.45) is 0. The Kier molecular flexibility index (Phi) is 9.33. The van der Waals surface area contributed by atoms with Gasteiger partial charge in [-0.1, -0.05) is 89.0 Å². The first-order chi connectivity index (χ1) is 26.7. The molecule has 0 unspecified atom stereocenters. The van der Waals surface area contributed by atoms with Gasteiger partial charge < -0.3 is 25.3 Å². The van der Waals surface area contributed by atoms with E-state index in [-0.39, 0.29) is 40.0 Å². The maximum Gasteiger partial charge on any atom is 0.341 e. The Balaban J connectivity index is 1.08. The Morgan fingerprint density at radius 2 is 1.11 bits per heavy atom. The number of carbonyl (C=O) groups excluding carboxylic acids is 2. The standard InChI is InChI=1S/C41H25Cl2N7O5/c42-24-9-5-11-26(19-24)44-39(53)31-17-22-7-1-3-13-29(22)35(37(31)51)48-47-28-15-16-33-34(21-28)55-41(46-33)50-49-36-30-14-4-2-8-23(30)18-32(38(36)52)40(54)45-27-12-6-10-25(43)20-27/h1-21,51-52H,(H,44,53)(H,45,54). The SMILES string of the molecule is O=C(Nc1cccc(Cl)c1)c1cc2ccccc2c(N=Nc2ccc3nc(N=Nc4c(O)c(C(=O)Nc5cccc(Cl)c5)cc5ccccc45)oc3c2)c1O. The number of aromatic hydroxyl groups is 2. The third-order valence-electron chi connectivity index (χ3n) is 8.51. The number of fused-ring (bicyclic) bond motifs is 3. The van der Waals surface area contributed by atoms with E-state index in [9.17, 15) is 19.8 Å². The molecule has 0 aliphatic carbocycles. The van der Waals surface area contributed by atoms with E-state index in [0.29, 0.717) is 59.8 Å². The van der Waals surface area contributed by atoms with Crippen molar-refractivity contribution in [3.05, 3.63) is 149 Å². The van der Waals surface area contributed by atoms with Gasteiger partial charge in [0.2, 0.25) is 0 Å². The second-order valence-corrected chi connectivity index (χ2v) is 13.0. The number of azo groups is 2. The minimum absolute atomic E-state index is 0.000551. The molecule has 1 heterocycles. The van der Waals surface area contributed by atoms with Crippen LogP contribution in [-0.4, -0.2) is 27.0 Å². The van der Waals surface area contributed by atoms with Gasteiger partial charge in [0.15, 0.2) is 17.1 Å². The average Bonchev–Trinajstić information content (AvgIpc) is 3.59. The van der Waals surface area contributed by atoms with E-state index in [0.717, 1.165) is 0 Å². The van der Waals surface area contributed by atoms with E-state index in [1.165, 1.54) is 0 Å². The highest BCUT2D eigenvalue weighted by atomic mass is 35.5. The van der Waals surface area contributed by atoms with Gasteiger partial charge in [0.05, 0.1) is 16.8 Å². The van der Waals surface area contributed by atoms with E-state index in [1.807, 2.05) is 6.07 Å². The number of nitrogens with zero attached hydrogens (tertiary/aromatic N) is 5. The Hall–Kier alpha value is -7.15. The molecule has 0 radical (unpaired) electrons. The second kappa shape index (κ2) is 14.7. The number of anilines is 2. The van der Waals surface area contributed by atoms with Gasteiger partial charge in [-0.2, -0.15) is 10.1 Å². The van der Waals surface area contributed by atoms with E-state index in [2.05, 4.69) is 36.1 Å². The summed E-state index contributed by atoms with van der Waals surface area (Å²) in [7, 11) is 0. The van der Waals surface area contributed by atoms with Crippen LogP contribution in [0.15, 0.2) is 152 Å². The smallest absolute Gasteiger partial charge is 0.341 e.